The van der Waals surface area contributed by atoms with Gasteiger partial charge in [0.2, 0.25) is 0 Å². The lowest BCUT2D eigenvalue weighted by Crippen LogP contribution is -2.57. The molecule has 5 atom stereocenters. The minimum Gasteiger partial charge on any atom is -0.480 e. The Morgan fingerprint density at radius 1 is 1.37 bits per heavy atom. The summed E-state index contributed by atoms with van der Waals surface area (Å²) in [7, 11) is 0. The maximum atomic E-state index is 11.5. The molecule has 0 amide bonds. The molecule has 0 radical (unpaired) electrons. The lowest BCUT2D eigenvalue weighted by atomic mass is 9.71. The lowest BCUT2D eigenvalue weighted by Gasteiger charge is -2.35. The van der Waals surface area contributed by atoms with E-state index in [1.807, 2.05) is 0 Å². The van der Waals surface area contributed by atoms with Gasteiger partial charge < -0.3 is 15.6 Å². The van der Waals surface area contributed by atoms with E-state index in [4.69, 9.17) is 10.5 Å². The summed E-state index contributed by atoms with van der Waals surface area (Å²) < 4.78 is 5.86. The molecule has 19 heavy (non-hydrogen) atoms. The van der Waals surface area contributed by atoms with Crippen LogP contribution in [0.4, 0.5) is 0 Å². The van der Waals surface area contributed by atoms with Gasteiger partial charge in [-0.05, 0) is 55.3 Å². The van der Waals surface area contributed by atoms with E-state index in [-0.39, 0.29) is 11.5 Å². The van der Waals surface area contributed by atoms with Crippen LogP contribution in [0.15, 0.2) is 0 Å². The Kier molecular flexibility index (Phi) is 2.95. The molecule has 2 saturated carbocycles. The van der Waals surface area contributed by atoms with Crippen LogP contribution in [0, 0.1) is 23.2 Å². The van der Waals surface area contributed by atoms with Crippen molar-refractivity contribution in [2.75, 3.05) is 6.61 Å². The van der Waals surface area contributed by atoms with Crippen molar-refractivity contribution in [2.24, 2.45) is 28.9 Å². The second kappa shape index (κ2) is 4.19. The Balaban J connectivity index is 1.92. The van der Waals surface area contributed by atoms with Crippen molar-refractivity contribution in [2.45, 2.75) is 57.6 Å². The van der Waals surface area contributed by atoms with Crippen molar-refractivity contribution in [3.8, 4) is 0 Å². The third-order valence-corrected chi connectivity index (χ3v) is 6.14. The van der Waals surface area contributed by atoms with Gasteiger partial charge in [0, 0.05) is 0 Å². The van der Waals surface area contributed by atoms with E-state index in [2.05, 4.69) is 13.8 Å². The van der Waals surface area contributed by atoms with Crippen LogP contribution >= 0.6 is 0 Å². The zero-order valence-electron chi connectivity index (χ0n) is 11.9. The number of rotatable bonds is 2. The highest BCUT2D eigenvalue weighted by molar-refractivity contribution is 5.79. The minimum absolute atomic E-state index is 0.218. The number of hydrogen-bond acceptors (Lipinski definition) is 3. The molecule has 3 fully saturated rings. The van der Waals surface area contributed by atoms with E-state index in [9.17, 15) is 9.90 Å². The molecule has 1 unspecified atom stereocenters. The van der Waals surface area contributed by atoms with Crippen molar-refractivity contribution in [1.29, 1.82) is 0 Å². The summed E-state index contributed by atoms with van der Waals surface area (Å²) in [5.41, 5.74) is 5.23. The number of aliphatic carboxylic acids is 1. The van der Waals surface area contributed by atoms with Gasteiger partial charge in [-0.3, -0.25) is 4.79 Å². The fourth-order valence-corrected chi connectivity index (χ4v) is 4.93. The lowest BCUT2D eigenvalue weighted by molar-refractivity contribution is -0.149. The summed E-state index contributed by atoms with van der Waals surface area (Å²) in [4.78, 5) is 11.5. The summed E-state index contributed by atoms with van der Waals surface area (Å²) in [6, 6.07) is 0. The third-order valence-electron chi connectivity index (χ3n) is 6.14. The Labute approximate surface area is 114 Å². The van der Waals surface area contributed by atoms with Gasteiger partial charge in [0.15, 0.2) is 0 Å². The predicted octanol–water partition coefficient (Wildman–Crippen LogP) is 2.02. The van der Waals surface area contributed by atoms with Gasteiger partial charge in [0.05, 0.1) is 12.7 Å². The molecule has 108 valence electrons. The average molecular weight is 267 g/mol. The normalized spacial score (nSPS) is 49.2. The van der Waals surface area contributed by atoms with E-state index in [1.165, 1.54) is 12.8 Å². The second-order valence-electron chi connectivity index (χ2n) is 7.30. The first-order valence-electron chi connectivity index (χ1n) is 7.53. The third kappa shape index (κ3) is 1.76. The highest BCUT2D eigenvalue weighted by Crippen LogP contribution is 2.60. The average Bonchev–Trinajstić information content (AvgIpc) is 2.89. The Hall–Kier alpha value is -0.610. The van der Waals surface area contributed by atoms with Crippen LogP contribution in [0.3, 0.4) is 0 Å². The van der Waals surface area contributed by atoms with Crippen LogP contribution in [0.2, 0.25) is 0 Å². The van der Waals surface area contributed by atoms with E-state index in [0.29, 0.717) is 24.2 Å². The first kappa shape index (κ1) is 13.4. The Morgan fingerprint density at radius 2 is 2.11 bits per heavy atom. The first-order valence-corrected chi connectivity index (χ1v) is 7.53. The van der Waals surface area contributed by atoms with E-state index in [1.54, 1.807) is 0 Å². The van der Waals surface area contributed by atoms with Crippen LogP contribution in [-0.2, 0) is 9.53 Å². The van der Waals surface area contributed by atoms with Gasteiger partial charge >= 0.3 is 5.97 Å². The van der Waals surface area contributed by atoms with Gasteiger partial charge in [-0.2, -0.15) is 0 Å². The molecule has 1 aliphatic heterocycles. The van der Waals surface area contributed by atoms with Crippen LogP contribution in [0.1, 0.15) is 46.0 Å². The molecule has 1 heterocycles. The number of carboxylic acid groups (broad SMARTS) is 1. The zero-order valence-corrected chi connectivity index (χ0v) is 11.9. The van der Waals surface area contributed by atoms with E-state index in [0.717, 1.165) is 19.4 Å². The highest BCUT2D eigenvalue weighted by atomic mass is 16.5. The summed E-state index contributed by atoms with van der Waals surface area (Å²) >= 11 is 0. The summed E-state index contributed by atoms with van der Waals surface area (Å²) in [6.07, 6.45) is 4.52. The van der Waals surface area contributed by atoms with Crippen molar-refractivity contribution < 1.29 is 14.6 Å². The molecule has 3 rings (SSSR count). The van der Waals surface area contributed by atoms with Crippen molar-refractivity contribution in [3.05, 3.63) is 0 Å². The summed E-state index contributed by atoms with van der Waals surface area (Å²) in [5, 5.41) is 9.47. The van der Waals surface area contributed by atoms with Crippen molar-refractivity contribution >= 4 is 5.97 Å². The molecular formula is C15H25NO3. The Morgan fingerprint density at radius 3 is 2.74 bits per heavy atom. The highest BCUT2D eigenvalue weighted by Gasteiger charge is 2.61. The zero-order chi connectivity index (χ0) is 13.8. The smallest absolute Gasteiger partial charge is 0.326 e. The summed E-state index contributed by atoms with van der Waals surface area (Å²) in [6.45, 7) is 5.29. The molecule has 2 bridgehead atoms. The molecule has 0 aromatic heterocycles. The number of carboxylic acids is 1. The number of hydrogen-bond donors (Lipinski definition) is 2. The molecule has 4 heteroatoms. The molecule has 3 N–H and O–H groups in total. The topological polar surface area (TPSA) is 72.5 Å². The molecule has 0 aromatic carbocycles. The van der Waals surface area contributed by atoms with Gasteiger partial charge in [0.25, 0.3) is 0 Å². The fraction of sp³-hybridized carbons (Fsp3) is 0.933. The van der Waals surface area contributed by atoms with Gasteiger partial charge in [-0.15, -0.1) is 0 Å². The molecular weight excluding hydrogens is 242 g/mol. The van der Waals surface area contributed by atoms with Crippen LogP contribution in [0.25, 0.3) is 0 Å². The standard InChI is InChI=1S/C15H25NO3/c1-9(2)10-3-5-14-7-12(19-8-14)15(16,13(17)18)6-4-11(10)14/h9-12H,3-8,16H2,1-2H3,(H,17,18)/t10?,11-,12+,14+,15+/m0/s1. The fourth-order valence-electron chi connectivity index (χ4n) is 4.93. The number of nitrogens with two attached hydrogens (primary N) is 1. The van der Waals surface area contributed by atoms with Crippen LogP contribution in [0.5, 0.6) is 0 Å². The number of ether oxygens (including phenoxy) is 1. The molecule has 3 aliphatic rings. The van der Waals surface area contributed by atoms with E-state index < -0.39 is 11.5 Å². The molecule has 4 nitrogen and oxygen atoms in total. The molecule has 2 aliphatic carbocycles. The van der Waals surface area contributed by atoms with Gasteiger partial charge in [-0.1, -0.05) is 13.8 Å². The molecule has 0 aromatic rings. The minimum atomic E-state index is -1.17. The van der Waals surface area contributed by atoms with Gasteiger partial charge in [-0.25, -0.2) is 0 Å². The largest absolute Gasteiger partial charge is 0.480 e. The quantitative estimate of drug-likeness (QED) is 0.803. The van der Waals surface area contributed by atoms with Gasteiger partial charge in [0.1, 0.15) is 5.54 Å². The van der Waals surface area contributed by atoms with Crippen molar-refractivity contribution in [3.63, 3.8) is 0 Å². The number of fused-ring (bicyclic) bond motifs is 1. The number of carbonyl (C=O) groups is 1. The second-order valence-corrected chi connectivity index (χ2v) is 7.30. The van der Waals surface area contributed by atoms with Crippen molar-refractivity contribution in [1.82, 2.24) is 0 Å². The Bertz CT molecular complexity index is 397. The van der Waals surface area contributed by atoms with E-state index >= 15 is 0 Å². The molecule has 1 saturated heterocycles. The maximum absolute atomic E-state index is 11.5. The maximum Gasteiger partial charge on any atom is 0.326 e. The SMILES string of the molecule is CC(C)C1CC[C@]23CO[C@H](C2)[C@@](N)(C(=O)O)CC[C@@H]13. The van der Waals surface area contributed by atoms with Crippen LogP contribution in [-0.4, -0.2) is 29.3 Å². The van der Waals surface area contributed by atoms with Crippen LogP contribution < -0.4 is 5.73 Å². The summed E-state index contributed by atoms with van der Waals surface area (Å²) in [5.74, 6) is 1.08. The predicted molar refractivity (Wildman–Crippen MR) is 71.6 cm³/mol. The molecule has 1 spiro atoms. The monoisotopic (exact) mass is 267 g/mol. The first-order chi connectivity index (χ1) is 8.89.